The summed E-state index contributed by atoms with van der Waals surface area (Å²) in [5.74, 6) is -3.69. The molecule has 0 aliphatic carbocycles. The number of anilines is 2. The lowest BCUT2D eigenvalue weighted by Gasteiger charge is -2.30. The van der Waals surface area contributed by atoms with Crippen LogP contribution in [0.25, 0.3) is 0 Å². The quantitative estimate of drug-likeness (QED) is 0.192. The third-order valence-corrected chi connectivity index (χ3v) is 9.80. The number of carbonyl (C=O) groups excluding carboxylic acids is 3. The topological polar surface area (TPSA) is 132 Å². The van der Waals surface area contributed by atoms with Crippen molar-refractivity contribution in [1.29, 1.82) is 0 Å². The van der Waals surface area contributed by atoms with Gasteiger partial charge in [-0.3, -0.25) is 33.9 Å². The second-order valence-electron chi connectivity index (χ2n) is 9.92. The van der Waals surface area contributed by atoms with E-state index in [1.165, 1.54) is 53.1 Å². The van der Waals surface area contributed by atoms with Crippen LogP contribution in [0.1, 0.15) is 21.9 Å². The van der Waals surface area contributed by atoms with E-state index >= 15 is 0 Å². The number of rotatable bonds is 6. The summed E-state index contributed by atoms with van der Waals surface area (Å²) in [6.07, 6.45) is 0. The van der Waals surface area contributed by atoms with E-state index in [-0.39, 0.29) is 17.9 Å². The van der Waals surface area contributed by atoms with E-state index < -0.39 is 50.4 Å². The normalized spacial score (nSPS) is 19.4. The number of thiazole rings is 1. The minimum Gasteiger partial charge on any atom is -0.325 e. The zero-order chi connectivity index (χ0) is 29.7. The number of aromatic nitrogens is 1. The number of non-ortho nitro benzene ring substituents is 1. The predicted molar refractivity (Wildman–Crippen MR) is 155 cm³/mol. The largest absolute Gasteiger partial charge is 0.325 e. The SMILES string of the molecule is Cc1cccc(NC(=O)Cn2c3c(sc2=O)[C@@H](c2ccc(F)cc2)[C@@H]2C(=O)N(c4ccc([N+](=O)[O-])cc4)C(=O)[C@@H]2S3)c1. The summed E-state index contributed by atoms with van der Waals surface area (Å²) >= 11 is 1.93. The summed E-state index contributed by atoms with van der Waals surface area (Å²) in [4.78, 5) is 65.5. The fourth-order valence-electron chi connectivity index (χ4n) is 5.33. The highest BCUT2D eigenvalue weighted by atomic mass is 32.2. The Hall–Kier alpha value is -4.62. The minimum atomic E-state index is -0.949. The third-order valence-electron chi connectivity index (χ3n) is 7.20. The molecule has 42 heavy (non-hydrogen) atoms. The maximum atomic E-state index is 13.9. The highest BCUT2D eigenvalue weighted by molar-refractivity contribution is 8.00. The highest BCUT2D eigenvalue weighted by Gasteiger charge is 2.56. The molecule has 3 amide bonds. The Morgan fingerprint density at radius 2 is 1.74 bits per heavy atom. The number of thioether (sulfide) groups is 1. The summed E-state index contributed by atoms with van der Waals surface area (Å²) in [5.41, 5.74) is 2.05. The Balaban J connectivity index is 1.40. The molecule has 2 aliphatic rings. The van der Waals surface area contributed by atoms with Gasteiger partial charge in [-0.1, -0.05) is 47.4 Å². The monoisotopic (exact) mass is 604 g/mol. The minimum absolute atomic E-state index is 0.182. The average Bonchev–Trinajstić information content (AvgIpc) is 3.39. The van der Waals surface area contributed by atoms with Crippen molar-refractivity contribution in [3.63, 3.8) is 0 Å². The first kappa shape index (κ1) is 27.5. The van der Waals surface area contributed by atoms with Gasteiger partial charge in [0.05, 0.1) is 21.6 Å². The predicted octanol–water partition coefficient (Wildman–Crippen LogP) is 4.70. The van der Waals surface area contributed by atoms with E-state index in [4.69, 9.17) is 0 Å². The van der Waals surface area contributed by atoms with Gasteiger partial charge in [0.25, 0.3) is 5.69 Å². The molecule has 3 heterocycles. The van der Waals surface area contributed by atoms with Crippen LogP contribution >= 0.6 is 23.1 Å². The molecule has 6 rings (SSSR count). The molecule has 1 saturated heterocycles. The second-order valence-corrected chi connectivity index (χ2v) is 12.0. The van der Waals surface area contributed by atoms with Gasteiger partial charge in [-0.15, -0.1) is 0 Å². The zero-order valence-corrected chi connectivity index (χ0v) is 23.5. The number of nitrogens with zero attached hydrogens (tertiary/aromatic N) is 3. The van der Waals surface area contributed by atoms with Gasteiger partial charge in [-0.05, 0) is 54.4 Å². The fraction of sp³-hybridized carbons (Fsp3) is 0.172. The van der Waals surface area contributed by atoms with Crippen LogP contribution in [-0.2, 0) is 20.9 Å². The van der Waals surface area contributed by atoms with Gasteiger partial charge >= 0.3 is 4.87 Å². The van der Waals surface area contributed by atoms with Gasteiger partial charge in [0.15, 0.2) is 0 Å². The molecular weight excluding hydrogens is 583 g/mol. The number of imide groups is 1. The Bertz CT molecular complexity index is 1820. The first-order valence-corrected chi connectivity index (χ1v) is 14.5. The number of nitro groups is 1. The molecule has 2 aliphatic heterocycles. The maximum absolute atomic E-state index is 13.9. The van der Waals surface area contributed by atoms with Gasteiger partial charge < -0.3 is 5.32 Å². The van der Waals surface area contributed by atoms with E-state index in [0.717, 1.165) is 33.6 Å². The average molecular weight is 605 g/mol. The zero-order valence-electron chi connectivity index (χ0n) is 21.9. The van der Waals surface area contributed by atoms with Crippen molar-refractivity contribution in [2.45, 2.75) is 29.7 Å². The number of benzene rings is 3. The molecular formula is C29H21FN4O6S2. The summed E-state index contributed by atoms with van der Waals surface area (Å²) in [6.45, 7) is 1.57. The van der Waals surface area contributed by atoms with E-state index in [1.54, 1.807) is 18.2 Å². The lowest BCUT2D eigenvalue weighted by molar-refractivity contribution is -0.384. The molecule has 0 spiro atoms. The summed E-state index contributed by atoms with van der Waals surface area (Å²) < 4.78 is 15.2. The molecule has 3 atom stereocenters. The standard InChI is InChI=1S/C29H21FN4O6S2/c1-15-3-2-4-18(13-15)31-21(35)14-32-28-25(42-29(32)38)22(16-5-7-17(30)8-6-16)23-24(41-28)27(37)33(26(23)36)19-9-11-20(12-10-19)34(39)40/h2-13,22-24H,14H2,1H3,(H,31,35)/t22-,23-,24+/m0/s1. The smallest absolute Gasteiger partial charge is 0.308 e. The van der Waals surface area contributed by atoms with E-state index in [1.807, 2.05) is 13.0 Å². The number of halogens is 1. The molecule has 1 fully saturated rings. The van der Waals surface area contributed by atoms with Crippen molar-refractivity contribution in [3.05, 3.63) is 114 Å². The molecule has 0 saturated carbocycles. The van der Waals surface area contributed by atoms with Crippen LogP contribution in [0, 0.1) is 28.8 Å². The van der Waals surface area contributed by atoms with Crippen molar-refractivity contribution < 1.29 is 23.7 Å². The van der Waals surface area contributed by atoms with Crippen molar-refractivity contribution >= 4 is 57.9 Å². The lowest BCUT2D eigenvalue weighted by atomic mass is 9.83. The third kappa shape index (κ3) is 4.80. The molecule has 10 nitrogen and oxygen atoms in total. The Morgan fingerprint density at radius 1 is 1.02 bits per heavy atom. The van der Waals surface area contributed by atoms with Crippen LogP contribution in [0.3, 0.4) is 0 Å². The van der Waals surface area contributed by atoms with Crippen LogP contribution in [0.2, 0.25) is 0 Å². The molecule has 1 N–H and O–H groups in total. The second kappa shape index (κ2) is 10.7. The van der Waals surface area contributed by atoms with E-state index in [9.17, 15) is 33.7 Å². The summed E-state index contributed by atoms with van der Waals surface area (Å²) in [5, 5.41) is 13.3. The first-order valence-electron chi connectivity index (χ1n) is 12.8. The Morgan fingerprint density at radius 3 is 2.40 bits per heavy atom. The van der Waals surface area contributed by atoms with Gasteiger partial charge in [0, 0.05) is 28.6 Å². The van der Waals surface area contributed by atoms with Gasteiger partial charge in [0.2, 0.25) is 17.7 Å². The molecule has 0 unspecified atom stereocenters. The number of fused-ring (bicyclic) bond motifs is 2. The van der Waals surface area contributed by atoms with Crippen LogP contribution in [-0.4, -0.2) is 32.5 Å². The summed E-state index contributed by atoms with van der Waals surface area (Å²) in [7, 11) is 0. The molecule has 1 aromatic heterocycles. The number of hydrogen-bond donors (Lipinski definition) is 1. The maximum Gasteiger partial charge on any atom is 0.308 e. The number of amides is 3. The lowest BCUT2D eigenvalue weighted by Crippen LogP contribution is -2.33. The van der Waals surface area contributed by atoms with Crippen LogP contribution < -0.4 is 15.1 Å². The van der Waals surface area contributed by atoms with Crippen molar-refractivity contribution in [1.82, 2.24) is 4.57 Å². The van der Waals surface area contributed by atoms with Gasteiger partial charge in [-0.2, -0.15) is 0 Å². The van der Waals surface area contributed by atoms with E-state index in [0.29, 0.717) is 21.2 Å². The number of hydrogen-bond acceptors (Lipinski definition) is 8. The molecule has 4 aromatic rings. The number of nitro benzene ring substituents is 1. The highest BCUT2D eigenvalue weighted by Crippen LogP contribution is 2.53. The molecule has 212 valence electrons. The van der Waals surface area contributed by atoms with Crippen molar-refractivity contribution in [2.75, 3.05) is 10.2 Å². The molecule has 0 radical (unpaired) electrons. The van der Waals surface area contributed by atoms with Crippen LogP contribution in [0.4, 0.5) is 21.5 Å². The fourth-order valence-corrected chi connectivity index (χ4v) is 8.10. The van der Waals surface area contributed by atoms with Crippen molar-refractivity contribution in [3.8, 4) is 0 Å². The number of nitrogens with one attached hydrogen (secondary N) is 1. The molecule has 0 bridgehead atoms. The first-order chi connectivity index (χ1) is 20.1. The van der Waals surface area contributed by atoms with Crippen LogP contribution in [0.15, 0.2) is 82.6 Å². The molecule has 13 heteroatoms. The number of carbonyl (C=O) groups is 3. The summed E-state index contributed by atoms with van der Waals surface area (Å²) in [6, 6.07) is 17.8. The molecule has 3 aromatic carbocycles. The van der Waals surface area contributed by atoms with Gasteiger partial charge in [-0.25, -0.2) is 9.29 Å². The van der Waals surface area contributed by atoms with Crippen molar-refractivity contribution in [2.24, 2.45) is 5.92 Å². The van der Waals surface area contributed by atoms with E-state index in [2.05, 4.69) is 5.32 Å². The Labute approximate surface area is 245 Å². The number of aryl methyl sites for hydroxylation is 1. The van der Waals surface area contributed by atoms with Crippen LogP contribution in [0.5, 0.6) is 0 Å². The Kier molecular flexibility index (Phi) is 6.99. The van der Waals surface area contributed by atoms with Gasteiger partial charge in [0.1, 0.15) is 17.6 Å².